The van der Waals surface area contributed by atoms with E-state index in [0.29, 0.717) is 11.3 Å². The first-order chi connectivity index (χ1) is 10.2. The van der Waals surface area contributed by atoms with E-state index in [0.717, 1.165) is 4.57 Å². The van der Waals surface area contributed by atoms with E-state index in [9.17, 15) is 9.59 Å². The number of nitrogens with zero attached hydrogens (tertiary/aromatic N) is 1. The zero-order chi connectivity index (χ0) is 14.8. The highest BCUT2D eigenvalue weighted by atomic mass is 35.5. The van der Waals surface area contributed by atoms with Gasteiger partial charge in [-0.25, -0.2) is 9.36 Å². The Labute approximate surface area is 125 Å². The van der Waals surface area contributed by atoms with Crippen molar-refractivity contribution in [2.75, 3.05) is 0 Å². The summed E-state index contributed by atoms with van der Waals surface area (Å²) in [5, 5.41) is 0.0448. The molecule has 0 saturated carbocycles. The van der Waals surface area contributed by atoms with Crippen LogP contribution in [0.4, 0.5) is 0 Å². The van der Waals surface area contributed by atoms with Crippen LogP contribution in [0.25, 0.3) is 16.8 Å². The molecule has 0 spiro atoms. The Morgan fingerprint density at radius 2 is 1.43 bits per heavy atom. The number of halogens is 1. The molecular formula is C16H11ClN2O2. The highest BCUT2D eigenvalue weighted by Gasteiger charge is 2.15. The van der Waals surface area contributed by atoms with Crippen molar-refractivity contribution >= 4 is 11.6 Å². The van der Waals surface area contributed by atoms with Crippen LogP contribution in [0.5, 0.6) is 0 Å². The Balaban J connectivity index is 2.35. The number of rotatable bonds is 2. The van der Waals surface area contributed by atoms with Crippen molar-refractivity contribution in [2.24, 2.45) is 0 Å². The minimum absolute atomic E-state index is 0.0448. The highest BCUT2D eigenvalue weighted by Crippen LogP contribution is 2.21. The van der Waals surface area contributed by atoms with Crippen molar-refractivity contribution in [3.8, 4) is 16.8 Å². The number of H-pyrrole nitrogens is 1. The van der Waals surface area contributed by atoms with Crippen LogP contribution >= 0.6 is 11.6 Å². The minimum Gasteiger partial charge on any atom is -0.297 e. The molecule has 0 bridgehead atoms. The van der Waals surface area contributed by atoms with Crippen LogP contribution in [0.1, 0.15) is 0 Å². The van der Waals surface area contributed by atoms with Crippen LogP contribution in [0, 0.1) is 0 Å². The Hall–Kier alpha value is -2.59. The van der Waals surface area contributed by atoms with Gasteiger partial charge in [-0.15, -0.1) is 0 Å². The predicted molar refractivity (Wildman–Crippen MR) is 83.1 cm³/mol. The van der Waals surface area contributed by atoms with Gasteiger partial charge in [0.05, 0.1) is 11.3 Å². The first kappa shape index (κ1) is 13.4. The van der Waals surface area contributed by atoms with Gasteiger partial charge in [-0.3, -0.25) is 9.78 Å². The van der Waals surface area contributed by atoms with Gasteiger partial charge in [0.2, 0.25) is 0 Å². The van der Waals surface area contributed by atoms with E-state index in [1.165, 1.54) is 0 Å². The zero-order valence-corrected chi connectivity index (χ0v) is 11.7. The van der Waals surface area contributed by atoms with E-state index in [-0.39, 0.29) is 10.7 Å². The summed E-state index contributed by atoms with van der Waals surface area (Å²) in [6.07, 6.45) is 0. The summed E-state index contributed by atoms with van der Waals surface area (Å²) in [5.41, 5.74) is 0.434. The average Bonchev–Trinajstić information content (AvgIpc) is 2.49. The fraction of sp³-hybridized carbons (Fsp3) is 0. The molecule has 0 unspecified atom stereocenters. The number of aromatic nitrogens is 2. The standard InChI is InChI=1S/C16H11ClN2O2/c17-14-13(11-7-3-1-4-8-11)15(20)19(16(21)18-14)12-9-5-2-6-10-12/h1-10H,(H,18,21). The van der Waals surface area contributed by atoms with E-state index in [1.807, 2.05) is 24.3 Å². The molecule has 0 fully saturated rings. The van der Waals surface area contributed by atoms with Gasteiger partial charge in [0.1, 0.15) is 5.15 Å². The Bertz CT molecular complexity index is 884. The molecule has 21 heavy (non-hydrogen) atoms. The van der Waals surface area contributed by atoms with Gasteiger partial charge in [0.25, 0.3) is 5.56 Å². The van der Waals surface area contributed by atoms with Crippen LogP contribution in [0.2, 0.25) is 5.15 Å². The molecule has 104 valence electrons. The molecule has 0 aliphatic carbocycles. The topological polar surface area (TPSA) is 54.9 Å². The summed E-state index contributed by atoms with van der Waals surface area (Å²) in [7, 11) is 0. The molecular weight excluding hydrogens is 288 g/mol. The molecule has 3 aromatic rings. The number of hydrogen-bond acceptors (Lipinski definition) is 2. The van der Waals surface area contributed by atoms with Crippen molar-refractivity contribution in [3.05, 3.63) is 86.7 Å². The monoisotopic (exact) mass is 298 g/mol. The lowest BCUT2D eigenvalue weighted by atomic mass is 10.1. The molecule has 0 amide bonds. The van der Waals surface area contributed by atoms with Crippen molar-refractivity contribution < 1.29 is 0 Å². The van der Waals surface area contributed by atoms with Crippen molar-refractivity contribution in [3.63, 3.8) is 0 Å². The van der Waals surface area contributed by atoms with E-state index < -0.39 is 11.2 Å². The van der Waals surface area contributed by atoms with E-state index in [2.05, 4.69) is 4.98 Å². The van der Waals surface area contributed by atoms with Gasteiger partial charge in [-0.05, 0) is 17.7 Å². The summed E-state index contributed by atoms with van der Waals surface area (Å²) in [4.78, 5) is 27.3. The zero-order valence-electron chi connectivity index (χ0n) is 10.9. The van der Waals surface area contributed by atoms with Gasteiger partial charge in [-0.1, -0.05) is 60.1 Å². The third kappa shape index (κ3) is 2.41. The van der Waals surface area contributed by atoms with E-state index in [4.69, 9.17) is 11.6 Å². The smallest absolute Gasteiger partial charge is 0.297 e. The summed E-state index contributed by atoms with van der Waals surface area (Å²) in [6, 6.07) is 17.7. The molecule has 4 nitrogen and oxygen atoms in total. The molecule has 0 atom stereocenters. The van der Waals surface area contributed by atoms with Crippen LogP contribution in [-0.4, -0.2) is 9.55 Å². The molecule has 5 heteroatoms. The van der Waals surface area contributed by atoms with Crippen molar-refractivity contribution in [1.82, 2.24) is 9.55 Å². The molecule has 0 aliphatic rings. The summed E-state index contributed by atoms with van der Waals surface area (Å²) >= 11 is 6.06. The largest absolute Gasteiger partial charge is 0.334 e. The molecule has 1 aromatic heterocycles. The third-order valence-electron chi connectivity index (χ3n) is 3.13. The molecule has 2 aromatic carbocycles. The number of aromatic amines is 1. The van der Waals surface area contributed by atoms with Gasteiger partial charge in [-0.2, -0.15) is 0 Å². The number of benzene rings is 2. The van der Waals surface area contributed by atoms with Crippen molar-refractivity contribution in [1.29, 1.82) is 0 Å². The summed E-state index contributed by atoms with van der Waals surface area (Å²) in [5.74, 6) is 0. The Morgan fingerprint density at radius 1 is 0.857 bits per heavy atom. The summed E-state index contributed by atoms with van der Waals surface area (Å²) in [6.45, 7) is 0. The number of para-hydroxylation sites is 1. The maximum atomic E-state index is 12.7. The Kier molecular flexibility index (Phi) is 3.46. The molecule has 1 heterocycles. The number of nitrogens with one attached hydrogen (secondary N) is 1. The van der Waals surface area contributed by atoms with E-state index in [1.54, 1.807) is 36.4 Å². The second kappa shape index (κ2) is 5.42. The van der Waals surface area contributed by atoms with E-state index >= 15 is 0 Å². The second-order valence-electron chi connectivity index (χ2n) is 4.46. The van der Waals surface area contributed by atoms with Crippen LogP contribution < -0.4 is 11.2 Å². The molecule has 0 radical (unpaired) electrons. The Morgan fingerprint density at radius 3 is 2.05 bits per heavy atom. The third-order valence-corrected chi connectivity index (χ3v) is 3.42. The molecule has 3 rings (SSSR count). The minimum atomic E-state index is -0.559. The molecule has 1 N–H and O–H groups in total. The van der Waals surface area contributed by atoms with Gasteiger partial charge in [0.15, 0.2) is 0 Å². The highest BCUT2D eigenvalue weighted by molar-refractivity contribution is 6.32. The van der Waals surface area contributed by atoms with Crippen LogP contribution in [0.15, 0.2) is 70.3 Å². The van der Waals surface area contributed by atoms with Crippen LogP contribution in [0.3, 0.4) is 0 Å². The average molecular weight is 299 g/mol. The number of hydrogen-bond donors (Lipinski definition) is 1. The molecule has 0 saturated heterocycles. The lowest BCUT2D eigenvalue weighted by molar-refractivity contribution is 0.879. The lowest BCUT2D eigenvalue weighted by Crippen LogP contribution is -2.34. The second-order valence-corrected chi connectivity index (χ2v) is 4.84. The lowest BCUT2D eigenvalue weighted by Gasteiger charge is -2.09. The van der Waals surface area contributed by atoms with Crippen molar-refractivity contribution in [2.45, 2.75) is 0 Å². The maximum absolute atomic E-state index is 12.7. The van der Waals surface area contributed by atoms with Gasteiger partial charge in [0, 0.05) is 0 Å². The first-order valence-corrected chi connectivity index (χ1v) is 6.72. The van der Waals surface area contributed by atoms with Crippen LogP contribution in [-0.2, 0) is 0 Å². The fourth-order valence-electron chi connectivity index (χ4n) is 2.18. The fourth-order valence-corrected chi connectivity index (χ4v) is 2.45. The van der Waals surface area contributed by atoms with Gasteiger partial charge >= 0.3 is 5.69 Å². The normalized spacial score (nSPS) is 10.5. The molecule has 0 aliphatic heterocycles. The summed E-state index contributed by atoms with van der Waals surface area (Å²) < 4.78 is 1.08. The van der Waals surface area contributed by atoms with Gasteiger partial charge < -0.3 is 0 Å². The predicted octanol–water partition coefficient (Wildman–Crippen LogP) is 2.85. The first-order valence-electron chi connectivity index (χ1n) is 6.34. The maximum Gasteiger partial charge on any atom is 0.334 e. The quantitative estimate of drug-likeness (QED) is 0.740. The SMILES string of the molecule is O=c1[nH]c(Cl)c(-c2ccccc2)c(=O)n1-c1ccccc1.